The molecule has 0 aromatic rings. The van der Waals surface area contributed by atoms with Gasteiger partial charge in [-0.25, -0.2) is 0 Å². The average Bonchev–Trinajstić information content (AvgIpc) is 2.47. The average molecular weight is 339 g/mol. The van der Waals surface area contributed by atoms with Crippen molar-refractivity contribution in [2.24, 2.45) is 0 Å². The summed E-state index contributed by atoms with van der Waals surface area (Å²) in [5.74, 6) is 2.17. The van der Waals surface area contributed by atoms with Crippen LogP contribution in [0.3, 0.4) is 0 Å². The van der Waals surface area contributed by atoms with E-state index in [1.807, 2.05) is 11.8 Å². The van der Waals surface area contributed by atoms with Gasteiger partial charge in [-0.1, -0.05) is 12.8 Å². The smallest absolute Gasteiger partial charge is 0.305 e. The molecule has 1 rings (SSSR count). The highest BCUT2D eigenvalue weighted by Crippen LogP contribution is 2.10. The summed E-state index contributed by atoms with van der Waals surface area (Å²) in [6.07, 6.45) is 4.95. The fourth-order valence-corrected chi connectivity index (χ4v) is 3.07. The Balaban J connectivity index is 0.00000400. The minimum absolute atomic E-state index is 0. The Morgan fingerprint density at radius 1 is 1.29 bits per heavy atom. The molecule has 0 radical (unpaired) electrons. The van der Waals surface area contributed by atoms with Crippen LogP contribution in [-0.4, -0.2) is 49.6 Å². The zero-order chi connectivity index (χ0) is 14.6. The Bertz CT molecular complexity index is 300. The minimum atomic E-state index is -0.142. The molecule has 0 saturated carbocycles. The van der Waals surface area contributed by atoms with Crippen LogP contribution in [0, 0.1) is 0 Å². The van der Waals surface area contributed by atoms with E-state index < -0.39 is 0 Å². The Hall–Kier alpha value is -0.460. The van der Waals surface area contributed by atoms with Gasteiger partial charge in [-0.05, 0) is 12.8 Å². The molecule has 1 saturated heterocycles. The lowest BCUT2D eigenvalue weighted by Gasteiger charge is -2.22. The molecule has 0 aliphatic carbocycles. The van der Waals surface area contributed by atoms with Gasteiger partial charge in [0.15, 0.2) is 0 Å². The van der Waals surface area contributed by atoms with Gasteiger partial charge in [-0.3, -0.25) is 9.59 Å². The van der Waals surface area contributed by atoms with Gasteiger partial charge in [-0.2, -0.15) is 11.8 Å². The summed E-state index contributed by atoms with van der Waals surface area (Å²) >= 11 is 1.91. The molecule has 0 aromatic heterocycles. The van der Waals surface area contributed by atoms with E-state index in [4.69, 9.17) is 0 Å². The molecule has 5 nitrogen and oxygen atoms in total. The molecule has 2 N–H and O–H groups in total. The third-order valence-electron chi connectivity index (χ3n) is 3.29. The number of carbonyl (C=O) groups is 2. The van der Waals surface area contributed by atoms with Crippen LogP contribution in [0.2, 0.25) is 0 Å². The van der Waals surface area contributed by atoms with Crippen molar-refractivity contribution in [1.29, 1.82) is 0 Å². The number of rotatable bonds is 9. The lowest BCUT2D eigenvalue weighted by Crippen LogP contribution is -2.41. The molecule has 1 atom stereocenters. The number of ether oxygens (including phenoxy) is 1. The van der Waals surface area contributed by atoms with Crippen LogP contribution < -0.4 is 10.6 Å². The van der Waals surface area contributed by atoms with Gasteiger partial charge in [0.1, 0.15) is 0 Å². The molecular weight excluding hydrogens is 312 g/mol. The van der Waals surface area contributed by atoms with Crippen molar-refractivity contribution in [3.8, 4) is 0 Å². The number of unbranched alkanes of at least 4 members (excludes halogenated alkanes) is 3. The Kier molecular flexibility index (Phi) is 12.9. The van der Waals surface area contributed by atoms with E-state index in [1.165, 1.54) is 7.11 Å². The van der Waals surface area contributed by atoms with Crippen LogP contribution in [0.15, 0.2) is 0 Å². The number of nitrogens with one attached hydrogen (secondary N) is 2. The normalized spacial score (nSPS) is 17.7. The summed E-state index contributed by atoms with van der Waals surface area (Å²) in [6.45, 7) is 1.74. The molecule has 1 unspecified atom stereocenters. The first-order chi connectivity index (χ1) is 9.72. The lowest BCUT2D eigenvalue weighted by atomic mass is 10.1. The van der Waals surface area contributed by atoms with Crippen molar-refractivity contribution in [3.05, 3.63) is 0 Å². The van der Waals surface area contributed by atoms with Crippen LogP contribution in [0.1, 0.15) is 38.5 Å². The van der Waals surface area contributed by atoms with E-state index in [2.05, 4.69) is 15.4 Å². The first-order valence-electron chi connectivity index (χ1n) is 7.37. The summed E-state index contributed by atoms with van der Waals surface area (Å²) in [6, 6.07) is 0.328. The number of hydrogen-bond acceptors (Lipinski definition) is 5. The maximum Gasteiger partial charge on any atom is 0.305 e. The third-order valence-corrected chi connectivity index (χ3v) is 4.42. The monoisotopic (exact) mass is 338 g/mol. The SMILES string of the molecule is COC(=O)CCCCCCNC(=O)CC1CSCCN1.Cl. The second-order valence-corrected chi connectivity index (χ2v) is 6.17. The molecule has 1 fully saturated rings. The van der Waals surface area contributed by atoms with Gasteiger partial charge in [0.25, 0.3) is 0 Å². The van der Waals surface area contributed by atoms with Gasteiger partial charge in [0.2, 0.25) is 5.91 Å². The molecule has 0 spiro atoms. The van der Waals surface area contributed by atoms with Crippen LogP contribution >= 0.6 is 24.2 Å². The third kappa shape index (κ3) is 10.8. The second kappa shape index (κ2) is 13.2. The second-order valence-electron chi connectivity index (χ2n) is 5.02. The first kappa shape index (κ1) is 20.5. The number of esters is 1. The maximum absolute atomic E-state index is 11.7. The molecule has 1 amide bonds. The van der Waals surface area contributed by atoms with Gasteiger partial charge >= 0.3 is 5.97 Å². The maximum atomic E-state index is 11.7. The molecule has 1 heterocycles. The van der Waals surface area contributed by atoms with Gasteiger partial charge < -0.3 is 15.4 Å². The van der Waals surface area contributed by atoms with Crippen molar-refractivity contribution >= 4 is 36.0 Å². The number of carbonyl (C=O) groups excluding carboxylic acids is 2. The Morgan fingerprint density at radius 3 is 2.71 bits per heavy atom. The first-order valence-corrected chi connectivity index (χ1v) is 8.52. The van der Waals surface area contributed by atoms with E-state index in [0.29, 0.717) is 18.9 Å². The number of amides is 1. The fourth-order valence-electron chi connectivity index (χ4n) is 2.12. The number of hydrogen-bond donors (Lipinski definition) is 2. The molecule has 0 bridgehead atoms. The molecular formula is C14H27ClN2O3S. The summed E-state index contributed by atoms with van der Waals surface area (Å²) < 4.78 is 4.58. The van der Waals surface area contributed by atoms with Gasteiger partial charge in [-0.15, -0.1) is 12.4 Å². The zero-order valence-electron chi connectivity index (χ0n) is 12.7. The Labute approximate surface area is 137 Å². The molecule has 7 heteroatoms. The van der Waals surface area contributed by atoms with Gasteiger partial charge in [0, 0.05) is 43.5 Å². The van der Waals surface area contributed by atoms with E-state index in [9.17, 15) is 9.59 Å². The van der Waals surface area contributed by atoms with Crippen LogP contribution in [0.25, 0.3) is 0 Å². The van der Waals surface area contributed by atoms with Crippen molar-refractivity contribution in [3.63, 3.8) is 0 Å². The Morgan fingerprint density at radius 2 is 2.05 bits per heavy atom. The van der Waals surface area contributed by atoms with E-state index >= 15 is 0 Å². The minimum Gasteiger partial charge on any atom is -0.469 e. The number of thioether (sulfide) groups is 1. The molecule has 21 heavy (non-hydrogen) atoms. The van der Waals surface area contributed by atoms with Gasteiger partial charge in [0.05, 0.1) is 7.11 Å². The standard InChI is InChI=1S/C14H26N2O3S.ClH/c1-19-14(18)6-4-2-3-5-7-16-13(17)10-12-11-20-9-8-15-12;/h12,15H,2-11H2,1H3,(H,16,17);1H. The van der Waals surface area contributed by atoms with Crippen molar-refractivity contribution in [1.82, 2.24) is 10.6 Å². The highest BCUT2D eigenvalue weighted by atomic mass is 35.5. The summed E-state index contributed by atoms with van der Waals surface area (Å²) in [5.41, 5.74) is 0. The zero-order valence-corrected chi connectivity index (χ0v) is 14.3. The van der Waals surface area contributed by atoms with E-state index in [0.717, 1.165) is 50.3 Å². The molecule has 0 aromatic carbocycles. The van der Waals surface area contributed by atoms with Crippen LogP contribution in [0.4, 0.5) is 0 Å². The predicted octanol–water partition coefficient (Wildman–Crippen LogP) is 1.74. The van der Waals surface area contributed by atoms with Crippen molar-refractivity contribution in [2.75, 3.05) is 31.7 Å². The highest BCUT2D eigenvalue weighted by Gasteiger charge is 2.16. The van der Waals surface area contributed by atoms with E-state index in [-0.39, 0.29) is 24.3 Å². The summed E-state index contributed by atoms with van der Waals surface area (Å²) in [4.78, 5) is 22.6. The number of methoxy groups -OCH3 is 1. The highest BCUT2D eigenvalue weighted by molar-refractivity contribution is 7.99. The molecule has 1 aliphatic heterocycles. The van der Waals surface area contributed by atoms with Crippen LogP contribution in [0.5, 0.6) is 0 Å². The predicted molar refractivity (Wildman–Crippen MR) is 89.1 cm³/mol. The van der Waals surface area contributed by atoms with Crippen molar-refractivity contribution < 1.29 is 14.3 Å². The summed E-state index contributed by atoms with van der Waals surface area (Å²) in [7, 11) is 1.41. The van der Waals surface area contributed by atoms with E-state index in [1.54, 1.807) is 0 Å². The lowest BCUT2D eigenvalue weighted by molar-refractivity contribution is -0.140. The fraction of sp³-hybridized carbons (Fsp3) is 0.857. The van der Waals surface area contributed by atoms with Crippen molar-refractivity contribution in [2.45, 2.75) is 44.6 Å². The van der Waals surface area contributed by atoms with Crippen LogP contribution in [-0.2, 0) is 14.3 Å². The topological polar surface area (TPSA) is 67.4 Å². The summed E-state index contributed by atoms with van der Waals surface area (Å²) in [5, 5.41) is 6.32. The molecule has 1 aliphatic rings. The largest absolute Gasteiger partial charge is 0.469 e. The number of halogens is 1. The molecule has 124 valence electrons. The quantitative estimate of drug-likeness (QED) is 0.495.